The van der Waals surface area contributed by atoms with E-state index in [1.54, 1.807) is 19.2 Å². The maximum absolute atomic E-state index is 12.0. The fourth-order valence-corrected chi connectivity index (χ4v) is 2.24. The quantitative estimate of drug-likeness (QED) is 0.672. The first-order valence-electron chi connectivity index (χ1n) is 5.66. The van der Waals surface area contributed by atoms with Gasteiger partial charge in [-0.2, -0.15) is 0 Å². The van der Waals surface area contributed by atoms with Crippen LogP contribution in [0.4, 0.5) is 16.6 Å². The molecule has 1 heterocycles. The van der Waals surface area contributed by atoms with Crippen molar-refractivity contribution in [3.63, 3.8) is 0 Å². The van der Waals surface area contributed by atoms with Gasteiger partial charge in [-0.3, -0.25) is 9.59 Å². The summed E-state index contributed by atoms with van der Waals surface area (Å²) in [5.74, 6) is -0.702. The normalized spacial score (nSPS) is 10.1. The predicted molar refractivity (Wildman–Crippen MR) is 79.0 cm³/mol. The number of anilines is 3. The van der Waals surface area contributed by atoms with Crippen LogP contribution in [0, 0.1) is 0 Å². The molecule has 104 valence electrons. The number of carbonyl (C=O) groups is 2. The molecular formula is C12H13N5O2S. The highest BCUT2D eigenvalue weighted by molar-refractivity contribution is 7.18. The number of rotatable bonds is 4. The molecule has 2 amide bonds. The van der Waals surface area contributed by atoms with Gasteiger partial charge < -0.3 is 22.1 Å². The van der Waals surface area contributed by atoms with Gasteiger partial charge in [-0.05, 0) is 24.3 Å². The largest absolute Gasteiger partial charge is 0.382 e. The Morgan fingerprint density at radius 2 is 1.90 bits per heavy atom. The van der Waals surface area contributed by atoms with Gasteiger partial charge >= 0.3 is 0 Å². The Kier molecular flexibility index (Phi) is 3.85. The summed E-state index contributed by atoms with van der Waals surface area (Å²) in [4.78, 5) is 27.3. The first-order valence-corrected chi connectivity index (χ1v) is 6.48. The average molecular weight is 291 g/mol. The third-order valence-electron chi connectivity index (χ3n) is 2.50. The molecule has 0 aliphatic carbocycles. The molecule has 0 saturated heterocycles. The maximum Gasteiger partial charge on any atom is 0.269 e. The highest BCUT2D eigenvalue weighted by atomic mass is 32.1. The van der Waals surface area contributed by atoms with Gasteiger partial charge in [0.25, 0.3) is 5.91 Å². The van der Waals surface area contributed by atoms with Crippen LogP contribution in [-0.4, -0.2) is 23.8 Å². The predicted octanol–water partition coefficient (Wildman–Crippen LogP) is 1.12. The number of primary amides is 1. The van der Waals surface area contributed by atoms with E-state index < -0.39 is 5.91 Å². The summed E-state index contributed by atoms with van der Waals surface area (Å²) in [5, 5.41) is 6.06. The van der Waals surface area contributed by atoms with Crippen molar-refractivity contribution >= 4 is 39.8 Å². The smallest absolute Gasteiger partial charge is 0.269 e. The lowest BCUT2D eigenvalue weighted by atomic mass is 10.2. The number of hydrogen-bond donors (Lipinski definition) is 4. The first-order chi connectivity index (χ1) is 9.51. The summed E-state index contributed by atoms with van der Waals surface area (Å²) in [5.41, 5.74) is 11.7. The van der Waals surface area contributed by atoms with Crippen LogP contribution in [0.2, 0.25) is 0 Å². The van der Waals surface area contributed by atoms with Crippen molar-refractivity contribution in [2.75, 3.05) is 23.4 Å². The number of thiazole rings is 1. The number of amides is 2. The Labute approximate surface area is 119 Å². The molecule has 0 fully saturated rings. The molecule has 1 aromatic heterocycles. The molecule has 2 aromatic rings. The zero-order chi connectivity index (χ0) is 14.7. The first kappa shape index (κ1) is 13.8. The molecule has 0 unspecified atom stereocenters. The molecular weight excluding hydrogens is 278 g/mol. The maximum atomic E-state index is 12.0. The van der Waals surface area contributed by atoms with Crippen molar-refractivity contribution < 1.29 is 9.59 Å². The fraction of sp³-hybridized carbons (Fsp3) is 0.0833. The SMILES string of the molecule is CNc1nc(N)c(C(=O)Nc2ccc(C(N)=O)cc2)s1. The fourth-order valence-electron chi connectivity index (χ4n) is 1.51. The molecule has 1 aromatic carbocycles. The highest BCUT2D eigenvalue weighted by Gasteiger charge is 2.15. The van der Waals surface area contributed by atoms with Gasteiger partial charge in [-0.1, -0.05) is 11.3 Å². The van der Waals surface area contributed by atoms with E-state index in [0.717, 1.165) is 11.3 Å². The molecule has 0 saturated carbocycles. The van der Waals surface area contributed by atoms with Gasteiger partial charge in [0.15, 0.2) is 5.13 Å². The van der Waals surface area contributed by atoms with Gasteiger partial charge in [0.2, 0.25) is 5.91 Å². The summed E-state index contributed by atoms with van der Waals surface area (Å²) >= 11 is 1.16. The second-order valence-electron chi connectivity index (χ2n) is 3.88. The van der Waals surface area contributed by atoms with Crippen molar-refractivity contribution in [1.29, 1.82) is 0 Å². The number of hydrogen-bond acceptors (Lipinski definition) is 6. The van der Waals surface area contributed by atoms with Gasteiger partial charge in [-0.25, -0.2) is 4.98 Å². The van der Waals surface area contributed by atoms with Crippen LogP contribution >= 0.6 is 11.3 Å². The molecule has 6 N–H and O–H groups in total. The Bertz CT molecular complexity index is 650. The van der Waals surface area contributed by atoms with Gasteiger partial charge in [0.1, 0.15) is 10.7 Å². The molecule has 0 radical (unpaired) electrons. The Morgan fingerprint density at radius 3 is 2.40 bits per heavy atom. The van der Waals surface area contributed by atoms with E-state index in [4.69, 9.17) is 11.5 Å². The third kappa shape index (κ3) is 2.86. The van der Waals surface area contributed by atoms with Gasteiger partial charge in [0.05, 0.1) is 0 Å². The Morgan fingerprint density at radius 1 is 1.25 bits per heavy atom. The van der Waals surface area contributed by atoms with Crippen LogP contribution in [0.3, 0.4) is 0 Å². The molecule has 20 heavy (non-hydrogen) atoms. The molecule has 0 bridgehead atoms. The Balaban J connectivity index is 2.14. The lowest BCUT2D eigenvalue weighted by Crippen LogP contribution is -2.13. The highest BCUT2D eigenvalue weighted by Crippen LogP contribution is 2.25. The summed E-state index contributed by atoms with van der Waals surface area (Å²) in [6.07, 6.45) is 0. The van der Waals surface area contributed by atoms with E-state index in [0.29, 0.717) is 21.3 Å². The van der Waals surface area contributed by atoms with Crippen LogP contribution in [-0.2, 0) is 0 Å². The second kappa shape index (κ2) is 5.57. The van der Waals surface area contributed by atoms with Crippen molar-refractivity contribution in [3.05, 3.63) is 34.7 Å². The third-order valence-corrected chi connectivity index (χ3v) is 3.59. The number of benzene rings is 1. The van der Waals surface area contributed by atoms with E-state index >= 15 is 0 Å². The van der Waals surface area contributed by atoms with Crippen LogP contribution < -0.4 is 22.1 Å². The summed E-state index contributed by atoms with van der Waals surface area (Å²) in [6.45, 7) is 0. The average Bonchev–Trinajstić information content (AvgIpc) is 2.80. The number of nitrogen functional groups attached to an aromatic ring is 1. The molecule has 7 nitrogen and oxygen atoms in total. The van der Waals surface area contributed by atoms with Gasteiger partial charge in [0, 0.05) is 18.3 Å². The van der Waals surface area contributed by atoms with E-state index in [9.17, 15) is 9.59 Å². The van der Waals surface area contributed by atoms with E-state index in [2.05, 4.69) is 15.6 Å². The number of nitrogens with two attached hydrogens (primary N) is 2. The van der Waals surface area contributed by atoms with Crippen molar-refractivity contribution in [3.8, 4) is 0 Å². The molecule has 2 rings (SSSR count). The van der Waals surface area contributed by atoms with Crippen molar-refractivity contribution in [1.82, 2.24) is 4.98 Å². The standard InChI is InChI=1S/C12H13N5O2S/c1-15-12-17-9(13)8(20-12)11(19)16-7-4-2-6(3-5-7)10(14)18/h2-5H,13H2,1H3,(H2,14,18)(H,15,17)(H,16,19). The molecule has 0 aliphatic heterocycles. The Hall–Kier alpha value is -2.61. The van der Waals surface area contributed by atoms with Crippen molar-refractivity contribution in [2.45, 2.75) is 0 Å². The number of nitrogens with one attached hydrogen (secondary N) is 2. The number of aromatic nitrogens is 1. The van der Waals surface area contributed by atoms with E-state index in [-0.39, 0.29) is 11.7 Å². The van der Waals surface area contributed by atoms with E-state index in [1.165, 1.54) is 12.1 Å². The van der Waals surface area contributed by atoms with Crippen LogP contribution in [0.25, 0.3) is 0 Å². The summed E-state index contributed by atoms with van der Waals surface area (Å²) in [6, 6.07) is 6.25. The van der Waals surface area contributed by atoms with Crippen LogP contribution in [0.5, 0.6) is 0 Å². The minimum absolute atomic E-state index is 0.172. The van der Waals surface area contributed by atoms with Crippen molar-refractivity contribution in [2.24, 2.45) is 5.73 Å². The summed E-state index contributed by atoms with van der Waals surface area (Å²) in [7, 11) is 1.70. The molecule has 0 atom stereocenters. The monoisotopic (exact) mass is 291 g/mol. The van der Waals surface area contributed by atoms with Crippen LogP contribution in [0.1, 0.15) is 20.0 Å². The van der Waals surface area contributed by atoms with Crippen LogP contribution in [0.15, 0.2) is 24.3 Å². The molecule has 0 aliphatic rings. The second-order valence-corrected chi connectivity index (χ2v) is 4.88. The lowest BCUT2D eigenvalue weighted by Gasteiger charge is -2.04. The molecule has 8 heteroatoms. The zero-order valence-corrected chi connectivity index (χ0v) is 11.5. The minimum Gasteiger partial charge on any atom is -0.382 e. The molecule has 0 spiro atoms. The summed E-state index contributed by atoms with van der Waals surface area (Å²) < 4.78 is 0. The number of carbonyl (C=O) groups excluding carboxylic acids is 2. The van der Waals surface area contributed by atoms with E-state index in [1.807, 2.05) is 0 Å². The van der Waals surface area contributed by atoms with Gasteiger partial charge in [-0.15, -0.1) is 0 Å². The zero-order valence-electron chi connectivity index (χ0n) is 10.6. The topological polar surface area (TPSA) is 123 Å². The minimum atomic E-state index is -0.520. The number of nitrogens with zero attached hydrogens (tertiary/aromatic N) is 1. The lowest BCUT2D eigenvalue weighted by molar-refractivity contribution is 0.0998.